The van der Waals surface area contributed by atoms with Crippen molar-refractivity contribution in [1.29, 1.82) is 0 Å². The molecule has 1 heterocycles. The number of ether oxygens (including phenoxy) is 1. The number of halogens is 1. The van der Waals surface area contributed by atoms with E-state index < -0.39 is 12.0 Å². The smallest absolute Gasteiger partial charge is 0.413 e. The van der Waals surface area contributed by atoms with Gasteiger partial charge in [0.25, 0.3) is 5.91 Å². The van der Waals surface area contributed by atoms with E-state index in [0.717, 1.165) is 23.3 Å². The van der Waals surface area contributed by atoms with Gasteiger partial charge in [-0.1, -0.05) is 19.1 Å². The van der Waals surface area contributed by atoms with Gasteiger partial charge in [-0.3, -0.25) is 14.9 Å². The highest BCUT2D eigenvalue weighted by Gasteiger charge is 2.29. The molecule has 1 aromatic heterocycles. The number of benzene rings is 1. The van der Waals surface area contributed by atoms with Crippen LogP contribution in [-0.2, 0) is 28.8 Å². The van der Waals surface area contributed by atoms with Crippen LogP contribution in [0.2, 0.25) is 0 Å². The number of amides is 3. The molecule has 1 atom stereocenters. The zero-order valence-corrected chi connectivity index (χ0v) is 16.5. The van der Waals surface area contributed by atoms with Gasteiger partial charge in [-0.05, 0) is 48.4 Å². The van der Waals surface area contributed by atoms with E-state index in [9.17, 15) is 18.8 Å². The van der Waals surface area contributed by atoms with Gasteiger partial charge in [-0.25, -0.2) is 9.18 Å². The Morgan fingerprint density at radius 1 is 1.25 bits per heavy atom. The van der Waals surface area contributed by atoms with Gasteiger partial charge in [0.1, 0.15) is 10.8 Å². The van der Waals surface area contributed by atoms with Crippen LogP contribution in [0, 0.1) is 11.7 Å². The third-order valence-electron chi connectivity index (χ3n) is 4.67. The largest absolute Gasteiger partial charge is 0.453 e. The number of rotatable bonds is 4. The van der Waals surface area contributed by atoms with E-state index >= 15 is 0 Å². The first-order chi connectivity index (χ1) is 13.4. The molecule has 1 aliphatic carbocycles. The number of alkyl carbamates (subject to hydrolysis) is 1. The van der Waals surface area contributed by atoms with Crippen LogP contribution in [0.1, 0.15) is 39.7 Å². The molecular formula is C20H21FN2O4S. The number of thiophene rings is 1. The van der Waals surface area contributed by atoms with Crippen molar-refractivity contribution >= 4 is 34.2 Å². The number of hydrogen-bond acceptors (Lipinski definition) is 5. The maximum absolute atomic E-state index is 13.0. The van der Waals surface area contributed by atoms with Crippen molar-refractivity contribution in [1.82, 2.24) is 5.32 Å². The minimum Gasteiger partial charge on any atom is -0.453 e. The molecule has 1 aliphatic rings. The van der Waals surface area contributed by atoms with Gasteiger partial charge in [-0.15, -0.1) is 11.3 Å². The number of imide groups is 1. The van der Waals surface area contributed by atoms with E-state index in [-0.39, 0.29) is 18.1 Å². The first-order valence-electron chi connectivity index (χ1n) is 8.95. The summed E-state index contributed by atoms with van der Waals surface area (Å²) in [4.78, 5) is 37.6. The van der Waals surface area contributed by atoms with E-state index in [1.165, 1.54) is 30.6 Å². The van der Waals surface area contributed by atoms with Gasteiger partial charge in [0.15, 0.2) is 0 Å². The predicted octanol–water partition coefficient (Wildman–Crippen LogP) is 3.69. The molecule has 28 heavy (non-hydrogen) atoms. The number of anilines is 1. The third kappa shape index (κ3) is 4.56. The lowest BCUT2D eigenvalue weighted by molar-refractivity contribution is -0.115. The maximum Gasteiger partial charge on any atom is 0.413 e. The van der Waals surface area contributed by atoms with E-state index in [0.29, 0.717) is 28.5 Å². The predicted molar refractivity (Wildman–Crippen MR) is 104 cm³/mol. The second kappa shape index (κ2) is 8.52. The van der Waals surface area contributed by atoms with Crippen LogP contribution in [0.3, 0.4) is 0 Å². The Morgan fingerprint density at radius 2 is 1.96 bits per heavy atom. The topological polar surface area (TPSA) is 84.5 Å². The van der Waals surface area contributed by atoms with Crippen LogP contribution in [0.25, 0.3) is 0 Å². The van der Waals surface area contributed by atoms with Crippen molar-refractivity contribution in [2.45, 2.75) is 32.6 Å². The second-order valence-corrected chi connectivity index (χ2v) is 7.96. The van der Waals surface area contributed by atoms with Crippen molar-refractivity contribution in [3.05, 3.63) is 51.7 Å². The molecule has 3 amide bonds. The molecule has 3 rings (SSSR count). The average Bonchev–Trinajstić information content (AvgIpc) is 3.00. The zero-order chi connectivity index (χ0) is 20.3. The first kappa shape index (κ1) is 20.0. The lowest BCUT2D eigenvalue weighted by Crippen LogP contribution is -2.31. The van der Waals surface area contributed by atoms with Crippen molar-refractivity contribution < 1.29 is 23.5 Å². The second-order valence-electron chi connectivity index (χ2n) is 6.85. The number of carbonyl (C=O) groups is 3. The highest BCUT2D eigenvalue weighted by atomic mass is 32.1. The molecule has 2 aromatic rings. The summed E-state index contributed by atoms with van der Waals surface area (Å²) < 4.78 is 17.5. The molecule has 0 saturated heterocycles. The van der Waals surface area contributed by atoms with Crippen LogP contribution in [0.15, 0.2) is 24.3 Å². The quantitative estimate of drug-likeness (QED) is 0.814. The molecule has 0 fully saturated rings. The van der Waals surface area contributed by atoms with Gasteiger partial charge in [0.05, 0.1) is 19.1 Å². The maximum atomic E-state index is 13.0. The van der Waals surface area contributed by atoms with Gasteiger partial charge in [0, 0.05) is 4.88 Å². The van der Waals surface area contributed by atoms with Crippen LogP contribution >= 0.6 is 11.3 Å². The van der Waals surface area contributed by atoms with E-state index in [2.05, 4.69) is 22.3 Å². The Morgan fingerprint density at radius 3 is 2.64 bits per heavy atom. The Labute approximate surface area is 166 Å². The minimum absolute atomic E-state index is 0.0529. The third-order valence-corrected chi connectivity index (χ3v) is 5.84. The van der Waals surface area contributed by atoms with Crippen molar-refractivity contribution in [2.24, 2.45) is 5.92 Å². The zero-order valence-electron chi connectivity index (χ0n) is 15.6. The van der Waals surface area contributed by atoms with Crippen LogP contribution in [-0.4, -0.2) is 25.0 Å². The molecule has 0 spiro atoms. The fourth-order valence-electron chi connectivity index (χ4n) is 3.24. The molecule has 6 nitrogen and oxygen atoms in total. The van der Waals surface area contributed by atoms with E-state index in [1.54, 1.807) is 12.1 Å². The Kier molecular flexibility index (Phi) is 6.08. The van der Waals surface area contributed by atoms with E-state index in [4.69, 9.17) is 0 Å². The number of nitrogens with one attached hydrogen (secondary N) is 2. The molecular weight excluding hydrogens is 383 g/mol. The Bertz CT molecular complexity index is 908. The van der Waals surface area contributed by atoms with Crippen molar-refractivity contribution in [2.75, 3.05) is 12.4 Å². The number of carbonyl (C=O) groups excluding carboxylic acids is 3. The lowest BCUT2D eigenvalue weighted by atomic mass is 9.88. The summed E-state index contributed by atoms with van der Waals surface area (Å²) in [5.74, 6) is -0.780. The first-order valence-corrected chi connectivity index (χ1v) is 9.77. The fraction of sp³-hybridized carbons (Fsp3) is 0.350. The van der Waals surface area contributed by atoms with Gasteiger partial charge in [0.2, 0.25) is 5.91 Å². The molecule has 0 aliphatic heterocycles. The number of hydrogen-bond donors (Lipinski definition) is 2. The Balaban J connectivity index is 1.84. The minimum atomic E-state index is -0.849. The lowest BCUT2D eigenvalue weighted by Gasteiger charge is -2.18. The van der Waals surface area contributed by atoms with Gasteiger partial charge < -0.3 is 10.1 Å². The highest BCUT2D eigenvalue weighted by molar-refractivity contribution is 7.17. The molecule has 0 bridgehead atoms. The number of fused-ring (bicyclic) bond motifs is 1. The van der Waals surface area contributed by atoms with Crippen LogP contribution < -0.4 is 10.6 Å². The molecule has 0 unspecified atom stereocenters. The summed E-state index contributed by atoms with van der Waals surface area (Å²) in [6, 6.07) is 5.67. The van der Waals surface area contributed by atoms with Crippen molar-refractivity contribution in [3.63, 3.8) is 0 Å². The Hall–Kier alpha value is -2.74. The SMILES string of the molecule is COC(=O)NC(=O)c1c(NC(=O)Cc2ccc(F)cc2)sc2c1CC[C@H](C)C2. The molecule has 2 N–H and O–H groups in total. The highest BCUT2D eigenvalue weighted by Crippen LogP contribution is 2.39. The van der Waals surface area contributed by atoms with E-state index in [1.807, 2.05) is 0 Å². The monoisotopic (exact) mass is 404 g/mol. The molecule has 1 aromatic carbocycles. The molecule has 8 heteroatoms. The summed E-state index contributed by atoms with van der Waals surface area (Å²) >= 11 is 1.37. The summed E-state index contributed by atoms with van der Waals surface area (Å²) in [5, 5.41) is 5.39. The van der Waals surface area contributed by atoms with Gasteiger partial charge >= 0.3 is 6.09 Å². The summed E-state index contributed by atoms with van der Waals surface area (Å²) in [6.45, 7) is 2.14. The van der Waals surface area contributed by atoms with Crippen LogP contribution in [0.5, 0.6) is 0 Å². The number of methoxy groups -OCH3 is 1. The fourth-order valence-corrected chi connectivity index (χ4v) is 4.67. The summed E-state index contributed by atoms with van der Waals surface area (Å²) in [7, 11) is 1.18. The molecule has 0 radical (unpaired) electrons. The van der Waals surface area contributed by atoms with Crippen molar-refractivity contribution in [3.8, 4) is 0 Å². The average molecular weight is 404 g/mol. The van der Waals surface area contributed by atoms with Crippen LogP contribution in [0.4, 0.5) is 14.2 Å². The molecule has 0 saturated carbocycles. The summed E-state index contributed by atoms with van der Waals surface area (Å²) in [5.41, 5.74) is 1.86. The standard InChI is InChI=1S/C20H21FN2O4S/c1-11-3-8-14-15(9-11)28-19(17(14)18(25)23-20(26)27-2)22-16(24)10-12-4-6-13(21)7-5-12/h4-7,11H,3,8-10H2,1-2H3,(H,22,24)(H,23,25,26)/t11-/m0/s1. The van der Waals surface area contributed by atoms with Gasteiger partial charge in [-0.2, -0.15) is 0 Å². The summed E-state index contributed by atoms with van der Waals surface area (Å²) in [6.07, 6.45) is 1.68. The normalized spacial score (nSPS) is 15.5. The molecule has 148 valence electrons.